The van der Waals surface area contributed by atoms with E-state index >= 15 is 0 Å². The molecule has 0 bridgehead atoms. The number of nitrogens with zero attached hydrogens (tertiary/aromatic N) is 1. The van der Waals surface area contributed by atoms with Gasteiger partial charge in [0.1, 0.15) is 0 Å². The minimum Gasteiger partial charge on any atom is -0.343 e. The van der Waals surface area contributed by atoms with Crippen LogP contribution < -0.4 is 4.72 Å². The summed E-state index contributed by atoms with van der Waals surface area (Å²) in [6.07, 6.45) is 1.94. The molecule has 182 valence electrons. The first-order chi connectivity index (χ1) is 17.4. The third kappa shape index (κ3) is 4.93. The van der Waals surface area contributed by atoms with E-state index in [1.165, 1.54) is 0 Å². The number of fused-ring (bicyclic) bond motifs is 1. The number of hydrogen-bond acceptors (Lipinski definition) is 2. The zero-order chi connectivity index (χ0) is 25.2. The molecular weight excluding hydrogens is 511 g/mol. The predicted octanol–water partition coefficient (Wildman–Crippen LogP) is 7.04. The van der Waals surface area contributed by atoms with Gasteiger partial charge in [0.25, 0.3) is 0 Å². The van der Waals surface area contributed by atoms with Crippen molar-refractivity contribution in [3.8, 4) is 0 Å². The van der Waals surface area contributed by atoms with Crippen molar-refractivity contribution in [3.05, 3.63) is 138 Å². The molecule has 4 aromatic carbocycles. The molecule has 36 heavy (non-hydrogen) atoms. The Bertz CT molecular complexity index is 1570. The number of halogens is 2. The lowest BCUT2D eigenvalue weighted by molar-refractivity contribution is 0.534. The topological polar surface area (TPSA) is 51.1 Å². The largest absolute Gasteiger partial charge is 0.343 e. The molecule has 1 N–H and O–H groups in total. The van der Waals surface area contributed by atoms with Crippen molar-refractivity contribution in [2.75, 3.05) is 0 Å². The van der Waals surface area contributed by atoms with Crippen molar-refractivity contribution < 1.29 is 8.42 Å². The van der Waals surface area contributed by atoms with Gasteiger partial charge in [0.15, 0.2) is 4.33 Å². The molecule has 0 radical (unpaired) electrons. The Morgan fingerprint density at radius 1 is 0.750 bits per heavy atom. The SMILES string of the molecule is O=S(=O)(NC(c1cn(Cc2ccccc2)c2ccccc12)C(Cl)(Cl)c1ccccc1)c1ccccc1. The summed E-state index contributed by atoms with van der Waals surface area (Å²) in [4.78, 5) is 0.139. The fourth-order valence-electron chi connectivity index (χ4n) is 4.40. The van der Waals surface area contributed by atoms with E-state index in [0.29, 0.717) is 17.7 Å². The molecule has 4 nitrogen and oxygen atoms in total. The van der Waals surface area contributed by atoms with Gasteiger partial charge in [-0.05, 0) is 34.9 Å². The molecule has 0 amide bonds. The Labute approximate surface area is 221 Å². The summed E-state index contributed by atoms with van der Waals surface area (Å²) in [5, 5.41) is 0.871. The fraction of sp³-hybridized carbons (Fsp3) is 0.103. The molecular formula is C29H24Cl2N2O2S. The highest BCUT2D eigenvalue weighted by molar-refractivity contribution is 7.89. The van der Waals surface area contributed by atoms with Crippen LogP contribution >= 0.6 is 23.2 Å². The van der Waals surface area contributed by atoms with E-state index in [1.54, 1.807) is 42.5 Å². The van der Waals surface area contributed by atoms with Crippen molar-refractivity contribution in [1.29, 1.82) is 0 Å². The summed E-state index contributed by atoms with van der Waals surface area (Å²) in [5.74, 6) is 0. The molecule has 5 aromatic rings. The van der Waals surface area contributed by atoms with Crippen LogP contribution in [0.2, 0.25) is 0 Å². The van der Waals surface area contributed by atoms with Gasteiger partial charge in [-0.3, -0.25) is 0 Å². The van der Waals surface area contributed by atoms with Crippen LogP contribution in [-0.2, 0) is 20.9 Å². The molecule has 1 aromatic heterocycles. The van der Waals surface area contributed by atoms with Gasteiger partial charge >= 0.3 is 0 Å². The highest BCUT2D eigenvalue weighted by Crippen LogP contribution is 2.47. The number of sulfonamides is 1. The third-order valence-corrected chi connectivity index (χ3v) is 8.49. The highest BCUT2D eigenvalue weighted by atomic mass is 35.5. The van der Waals surface area contributed by atoms with E-state index < -0.39 is 20.4 Å². The van der Waals surface area contributed by atoms with Gasteiger partial charge in [0, 0.05) is 23.6 Å². The normalized spacial score (nSPS) is 13.1. The first-order valence-corrected chi connectivity index (χ1v) is 13.7. The van der Waals surface area contributed by atoms with Crippen molar-refractivity contribution in [3.63, 3.8) is 0 Å². The number of alkyl halides is 2. The van der Waals surface area contributed by atoms with Crippen molar-refractivity contribution in [1.82, 2.24) is 9.29 Å². The number of hydrogen-bond donors (Lipinski definition) is 1. The van der Waals surface area contributed by atoms with E-state index in [-0.39, 0.29) is 4.90 Å². The molecule has 0 saturated carbocycles. The van der Waals surface area contributed by atoms with Crippen LogP contribution in [0.1, 0.15) is 22.7 Å². The maximum atomic E-state index is 13.5. The van der Waals surface area contributed by atoms with Gasteiger partial charge in [-0.15, -0.1) is 0 Å². The van der Waals surface area contributed by atoms with Crippen LogP contribution in [0, 0.1) is 0 Å². The number of para-hydroxylation sites is 1. The van der Waals surface area contributed by atoms with E-state index in [0.717, 1.165) is 16.5 Å². The van der Waals surface area contributed by atoms with Crippen LogP contribution in [0.25, 0.3) is 10.9 Å². The van der Waals surface area contributed by atoms with Crippen LogP contribution in [0.15, 0.2) is 126 Å². The van der Waals surface area contributed by atoms with Gasteiger partial charge in [-0.2, -0.15) is 0 Å². The predicted molar refractivity (Wildman–Crippen MR) is 147 cm³/mol. The standard InChI is InChI=1S/C29H24Cl2N2O2S/c30-29(31,23-14-6-2-7-15-23)28(32-36(34,35)24-16-8-3-9-17-24)26-21-33(20-22-12-4-1-5-13-22)27-19-11-10-18-25(26)27/h1-19,21,28,32H,20H2. The second-order valence-corrected chi connectivity index (χ2v) is 11.7. The Hall–Kier alpha value is -3.09. The van der Waals surface area contributed by atoms with Crippen LogP contribution in [0.3, 0.4) is 0 Å². The molecule has 1 atom stereocenters. The number of benzene rings is 4. The smallest absolute Gasteiger partial charge is 0.241 e. The van der Waals surface area contributed by atoms with Gasteiger partial charge in [-0.1, -0.05) is 120 Å². The first-order valence-electron chi connectivity index (χ1n) is 11.5. The Morgan fingerprint density at radius 2 is 1.31 bits per heavy atom. The first kappa shape index (κ1) is 24.6. The Morgan fingerprint density at radius 3 is 1.97 bits per heavy atom. The highest BCUT2D eigenvalue weighted by Gasteiger charge is 2.42. The van der Waals surface area contributed by atoms with Crippen molar-refractivity contribution in [2.24, 2.45) is 0 Å². The molecule has 0 spiro atoms. The van der Waals surface area contributed by atoms with E-state index in [9.17, 15) is 8.42 Å². The van der Waals surface area contributed by atoms with E-state index in [4.69, 9.17) is 23.2 Å². The van der Waals surface area contributed by atoms with Crippen LogP contribution in [-0.4, -0.2) is 13.0 Å². The minimum atomic E-state index is -3.95. The van der Waals surface area contributed by atoms with Crippen molar-refractivity contribution in [2.45, 2.75) is 21.8 Å². The van der Waals surface area contributed by atoms with Gasteiger partial charge < -0.3 is 4.57 Å². The molecule has 7 heteroatoms. The lowest BCUT2D eigenvalue weighted by atomic mass is 9.98. The quantitative estimate of drug-likeness (QED) is 0.217. The fourth-order valence-corrected chi connectivity index (χ4v) is 6.39. The molecule has 1 unspecified atom stereocenters. The zero-order valence-electron chi connectivity index (χ0n) is 19.3. The average Bonchev–Trinajstić information content (AvgIpc) is 3.27. The second kappa shape index (κ2) is 10.1. The average molecular weight is 535 g/mol. The second-order valence-electron chi connectivity index (χ2n) is 8.57. The summed E-state index contributed by atoms with van der Waals surface area (Å²) in [6, 6.07) is 34.3. The van der Waals surface area contributed by atoms with Crippen molar-refractivity contribution >= 4 is 44.1 Å². The monoisotopic (exact) mass is 534 g/mol. The van der Waals surface area contributed by atoms with Gasteiger partial charge in [0.2, 0.25) is 10.0 Å². The lowest BCUT2D eigenvalue weighted by Gasteiger charge is -2.31. The summed E-state index contributed by atoms with van der Waals surface area (Å²) in [7, 11) is -3.95. The van der Waals surface area contributed by atoms with Gasteiger partial charge in [-0.25, -0.2) is 13.1 Å². The molecule has 0 saturated heterocycles. The minimum absolute atomic E-state index is 0.139. The number of nitrogens with one attached hydrogen (secondary N) is 1. The van der Waals surface area contributed by atoms with Gasteiger partial charge in [0.05, 0.1) is 10.9 Å². The molecule has 0 fully saturated rings. The summed E-state index contributed by atoms with van der Waals surface area (Å²) < 4.78 is 30.3. The van der Waals surface area contributed by atoms with Crippen LogP contribution in [0.4, 0.5) is 0 Å². The summed E-state index contributed by atoms with van der Waals surface area (Å²) in [6.45, 7) is 0.614. The maximum Gasteiger partial charge on any atom is 0.241 e. The Balaban J connectivity index is 1.67. The zero-order valence-corrected chi connectivity index (χ0v) is 21.6. The molecule has 0 aliphatic heterocycles. The third-order valence-electron chi connectivity index (χ3n) is 6.17. The number of aromatic nitrogens is 1. The maximum absolute atomic E-state index is 13.5. The molecule has 0 aliphatic carbocycles. The van der Waals surface area contributed by atoms with E-state index in [1.807, 2.05) is 66.9 Å². The Kier molecular flexibility index (Phi) is 6.91. The molecule has 0 aliphatic rings. The van der Waals surface area contributed by atoms with E-state index in [2.05, 4.69) is 21.4 Å². The lowest BCUT2D eigenvalue weighted by Crippen LogP contribution is -2.38. The number of rotatable bonds is 8. The van der Waals surface area contributed by atoms with Crippen LogP contribution in [0.5, 0.6) is 0 Å². The summed E-state index contributed by atoms with van der Waals surface area (Å²) >= 11 is 14.1. The molecule has 1 heterocycles. The molecule has 5 rings (SSSR count). The summed E-state index contributed by atoms with van der Waals surface area (Å²) in [5.41, 5.74) is 3.36.